The first kappa shape index (κ1) is 23.4. The maximum atomic E-state index is 13.7. The lowest BCUT2D eigenvalue weighted by Gasteiger charge is -2.35. The van der Waals surface area contributed by atoms with Crippen LogP contribution < -0.4 is 10.6 Å². The third kappa shape index (κ3) is 5.15. The van der Waals surface area contributed by atoms with Crippen molar-refractivity contribution >= 4 is 22.7 Å². The molecule has 7 nitrogen and oxygen atoms in total. The van der Waals surface area contributed by atoms with Gasteiger partial charge < -0.3 is 24.8 Å². The highest BCUT2D eigenvalue weighted by atomic mass is 16.5. The van der Waals surface area contributed by atoms with Crippen LogP contribution in [0.25, 0.3) is 10.9 Å². The number of carbonyl (C=O) groups is 2. The first-order chi connectivity index (χ1) is 16.6. The van der Waals surface area contributed by atoms with Crippen molar-refractivity contribution in [1.29, 1.82) is 0 Å². The van der Waals surface area contributed by atoms with Crippen molar-refractivity contribution in [1.82, 2.24) is 20.1 Å². The monoisotopic (exact) mass is 466 g/mol. The molecule has 1 aromatic heterocycles. The van der Waals surface area contributed by atoms with Crippen LogP contribution >= 0.6 is 0 Å². The summed E-state index contributed by atoms with van der Waals surface area (Å²) in [6.45, 7) is 3.73. The van der Waals surface area contributed by atoms with Crippen LogP contribution in [0.2, 0.25) is 0 Å². The van der Waals surface area contributed by atoms with Crippen LogP contribution in [0.3, 0.4) is 0 Å². The normalized spacial score (nSPS) is 23.0. The van der Waals surface area contributed by atoms with Gasteiger partial charge in [-0.05, 0) is 50.2 Å². The fraction of sp³-hybridized carbons (Fsp3) is 0.630. The first-order valence-electron chi connectivity index (χ1n) is 13.0. The molecule has 0 bridgehead atoms. The van der Waals surface area contributed by atoms with E-state index in [0.29, 0.717) is 19.1 Å². The fourth-order valence-corrected chi connectivity index (χ4v) is 5.43. The maximum absolute atomic E-state index is 13.7. The number of nitrogens with zero attached hydrogens (tertiary/aromatic N) is 2. The van der Waals surface area contributed by atoms with Crippen molar-refractivity contribution in [2.45, 2.75) is 70.1 Å². The Morgan fingerprint density at radius 3 is 2.71 bits per heavy atom. The number of ether oxygens (including phenoxy) is 1. The van der Waals surface area contributed by atoms with Crippen LogP contribution in [-0.2, 0) is 27.4 Å². The Kier molecular flexibility index (Phi) is 7.21. The second-order valence-electron chi connectivity index (χ2n) is 10.3. The van der Waals surface area contributed by atoms with E-state index in [4.69, 9.17) is 4.74 Å². The summed E-state index contributed by atoms with van der Waals surface area (Å²) < 4.78 is 7.54. The molecule has 184 valence electrons. The van der Waals surface area contributed by atoms with E-state index in [1.165, 1.54) is 16.5 Å². The summed E-state index contributed by atoms with van der Waals surface area (Å²) in [5, 5.41) is 7.84. The lowest BCUT2D eigenvalue weighted by Crippen LogP contribution is -2.54. The van der Waals surface area contributed by atoms with E-state index >= 15 is 0 Å². The van der Waals surface area contributed by atoms with Gasteiger partial charge in [-0.1, -0.05) is 24.6 Å². The summed E-state index contributed by atoms with van der Waals surface area (Å²) in [5.74, 6) is 0.497. The van der Waals surface area contributed by atoms with Crippen LogP contribution in [0, 0.1) is 11.8 Å². The summed E-state index contributed by atoms with van der Waals surface area (Å²) in [5.41, 5.74) is 2.43. The molecule has 1 saturated heterocycles. The van der Waals surface area contributed by atoms with E-state index in [1.54, 1.807) is 7.11 Å². The minimum Gasteiger partial charge on any atom is -0.385 e. The average Bonchev–Trinajstić information content (AvgIpc) is 3.59. The highest BCUT2D eigenvalue weighted by Gasteiger charge is 2.38. The molecule has 3 fully saturated rings. The first-order valence-corrected chi connectivity index (χ1v) is 13.0. The van der Waals surface area contributed by atoms with Crippen LogP contribution in [0.4, 0.5) is 0 Å². The molecule has 2 aliphatic carbocycles. The number of methoxy groups -OCH3 is 1. The summed E-state index contributed by atoms with van der Waals surface area (Å²) in [6.07, 6.45) is 9.24. The molecule has 1 aromatic carbocycles. The Bertz CT molecular complexity index is 1010. The maximum Gasteiger partial charge on any atom is 0.227 e. The van der Waals surface area contributed by atoms with Gasteiger partial charge in [0.1, 0.15) is 0 Å². The SMILES string of the molecule is COCCCn1cc(CN(C(=O)C2CNCC(NC(=O)C3CCC3)C2)C2CC2)c2ccccc21. The Morgan fingerprint density at radius 1 is 1.15 bits per heavy atom. The minimum atomic E-state index is -0.0870. The van der Waals surface area contributed by atoms with Gasteiger partial charge in [-0.15, -0.1) is 0 Å². The highest BCUT2D eigenvalue weighted by molar-refractivity contribution is 5.85. The number of aryl methyl sites for hydroxylation is 1. The third-order valence-corrected chi connectivity index (χ3v) is 7.75. The highest BCUT2D eigenvalue weighted by Crippen LogP contribution is 2.33. The number of para-hydroxylation sites is 1. The number of nitrogens with one attached hydrogen (secondary N) is 2. The van der Waals surface area contributed by atoms with Gasteiger partial charge in [0, 0.05) is 75.0 Å². The number of hydrogen-bond acceptors (Lipinski definition) is 4. The molecule has 34 heavy (non-hydrogen) atoms. The van der Waals surface area contributed by atoms with Gasteiger partial charge in [0.05, 0.1) is 5.92 Å². The number of rotatable bonds is 10. The predicted molar refractivity (Wildman–Crippen MR) is 132 cm³/mol. The molecular weight excluding hydrogens is 428 g/mol. The van der Waals surface area contributed by atoms with Crippen molar-refractivity contribution in [3.05, 3.63) is 36.0 Å². The molecular formula is C27H38N4O3. The number of amides is 2. The van der Waals surface area contributed by atoms with Crippen LogP contribution in [0.15, 0.2) is 30.5 Å². The van der Waals surface area contributed by atoms with E-state index < -0.39 is 0 Å². The smallest absolute Gasteiger partial charge is 0.227 e. The van der Waals surface area contributed by atoms with E-state index in [-0.39, 0.29) is 29.7 Å². The summed E-state index contributed by atoms with van der Waals surface area (Å²) >= 11 is 0. The molecule has 2 amide bonds. The van der Waals surface area contributed by atoms with Gasteiger partial charge in [-0.2, -0.15) is 0 Å². The standard InChI is InChI=1S/C27H38N4O3/c1-34-13-5-12-30-17-21(24-8-2-3-9-25(24)30)18-31(23-10-11-23)27(33)20-14-22(16-28-15-20)29-26(32)19-6-4-7-19/h2-3,8-9,17,19-20,22-23,28H,4-7,10-16,18H2,1H3,(H,29,32). The van der Waals surface area contributed by atoms with Gasteiger partial charge >= 0.3 is 0 Å². The molecule has 2 atom stereocenters. The second kappa shape index (κ2) is 10.5. The van der Waals surface area contributed by atoms with Crippen LogP contribution in [-0.4, -0.2) is 60.2 Å². The van der Waals surface area contributed by atoms with Crippen molar-refractivity contribution in [3.8, 4) is 0 Å². The second-order valence-corrected chi connectivity index (χ2v) is 10.3. The summed E-state index contributed by atoms with van der Waals surface area (Å²) in [7, 11) is 1.74. The van der Waals surface area contributed by atoms with Gasteiger partial charge in [0.2, 0.25) is 11.8 Å². The van der Waals surface area contributed by atoms with Crippen molar-refractivity contribution < 1.29 is 14.3 Å². The van der Waals surface area contributed by atoms with Gasteiger partial charge in [0.25, 0.3) is 0 Å². The average molecular weight is 467 g/mol. The Hall–Kier alpha value is -2.38. The van der Waals surface area contributed by atoms with Gasteiger partial charge in [-0.25, -0.2) is 0 Å². The number of benzene rings is 1. The molecule has 2 N–H and O–H groups in total. The molecule has 2 aromatic rings. The lowest BCUT2D eigenvalue weighted by molar-refractivity contribution is -0.138. The molecule has 0 spiro atoms. The zero-order valence-electron chi connectivity index (χ0n) is 20.3. The van der Waals surface area contributed by atoms with E-state index in [1.807, 2.05) is 0 Å². The molecule has 3 aliphatic rings. The Labute approximate surface area is 202 Å². The number of fused-ring (bicyclic) bond motifs is 1. The summed E-state index contributed by atoms with van der Waals surface area (Å²) in [6, 6.07) is 8.87. The molecule has 2 unspecified atom stereocenters. The number of hydrogen-bond donors (Lipinski definition) is 2. The van der Waals surface area contributed by atoms with Gasteiger partial charge in [-0.3, -0.25) is 9.59 Å². The van der Waals surface area contributed by atoms with E-state index in [0.717, 1.165) is 64.6 Å². The Morgan fingerprint density at radius 2 is 1.97 bits per heavy atom. The largest absolute Gasteiger partial charge is 0.385 e. The molecule has 2 heterocycles. The molecule has 5 rings (SSSR count). The van der Waals surface area contributed by atoms with Crippen molar-refractivity contribution in [3.63, 3.8) is 0 Å². The molecule has 7 heteroatoms. The summed E-state index contributed by atoms with van der Waals surface area (Å²) in [4.78, 5) is 28.3. The molecule has 1 aliphatic heterocycles. The Balaban J connectivity index is 1.28. The zero-order valence-corrected chi connectivity index (χ0v) is 20.3. The van der Waals surface area contributed by atoms with E-state index in [9.17, 15) is 9.59 Å². The van der Waals surface area contributed by atoms with Crippen LogP contribution in [0.5, 0.6) is 0 Å². The van der Waals surface area contributed by atoms with Crippen LogP contribution in [0.1, 0.15) is 50.5 Å². The predicted octanol–water partition coefficient (Wildman–Crippen LogP) is 3.06. The zero-order chi connectivity index (χ0) is 23.5. The topological polar surface area (TPSA) is 75.6 Å². The number of piperidine rings is 1. The quantitative estimate of drug-likeness (QED) is 0.528. The molecule has 2 saturated carbocycles. The lowest BCUT2D eigenvalue weighted by atomic mass is 9.84. The number of carbonyl (C=O) groups excluding carboxylic acids is 2. The number of aromatic nitrogens is 1. The molecule has 0 radical (unpaired) electrons. The van der Waals surface area contributed by atoms with Crippen molar-refractivity contribution in [2.24, 2.45) is 11.8 Å². The fourth-order valence-electron chi connectivity index (χ4n) is 5.43. The minimum absolute atomic E-state index is 0.0413. The van der Waals surface area contributed by atoms with Gasteiger partial charge in [0.15, 0.2) is 0 Å². The van der Waals surface area contributed by atoms with E-state index in [2.05, 4.69) is 50.6 Å². The third-order valence-electron chi connectivity index (χ3n) is 7.75. The van der Waals surface area contributed by atoms with Crippen molar-refractivity contribution in [2.75, 3.05) is 26.8 Å².